The third-order valence-electron chi connectivity index (χ3n) is 7.72. The van der Waals surface area contributed by atoms with Crippen LogP contribution in [0.1, 0.15) is 44.3 Å². The molecule has 0 spiro atoms. The number of H-pyrrole nitrogens is 1. The highest BCUT2D eigenvalue weighted by atomic mass is 32.2. The van der Waals surface area contributed by atoms with Gasteiger partial charge in [-0.2, -0.15) is 0 Å². The van der Waals surface area contributed by atoms with Crippen molar-refractivity contribution in [2.75, 3.05) is 16.7 Å². The molecule has 1 aliphatic rings. The number of carbonyl (C=O) groups is 2. The Bertz CT molecular complexity index is 2270. The second-order valence-electron chi connectivity index (χ2n) is 10.8. The molecule has 15 heteroatoms. The first-order valence-electron chi connectivity index (χ1n) is 14.2. The van der Waals surface area contributed by atoms with Gasteiger partial charge in [0.2, 0.25) is 10.0 Å². The molecule has 1 aromatic carbocycles. The number of hydrogen-bond acceptors (Lipinski definition) is 9. The van der Waals surface area contributed by atoms with Crippen molar-refractivity contribution in [1.82, 2.24) is 34.9 Å². The van der Waals surface area contributed by atoms with Gasteiger partial charge in [-0.15, -0.1) is 4.68 Å². The lowest BCUT2D eigenvalue weighted by Gasteiger charge is -2.16. The zero-order valence-electron chi connectivity index (χ0n) is 24.4. The molecule has 7 rings (SSSR count). The fourth-order valence-electron chi connectivity index (χ4n) is 5.64. The molecular formula is C31H27N10O4S+. The summed E-state index contributed by atoms with van der Waals surface area (Å²) in [7, 11) is -3.65. The number of hydrogen-bond donors (Lipinski definition) is 4. The Balaban J connectivity index is 1.23. The lowest BCUT2D eigenvalue weighted by Crippen LogP contribution is -2.32. The number of nitrogens with one attached hydrogen (secondary N) is 3. The van der Waals surface area contributed by atoms with Crippen molar-refractivity contribution in [2.24, 2.45) is 0 Å². The summed E-state index contributed by atoms with van der Waals surface area (Å²) in [5.41, 5.74) is 11.2. The molecule has 46 heavy (non-hydrogen) atoms. The number of aromatic amines is 1. The standard InChI is InChI=1S/C31H26N10O4S/c1-46(44,45)39-28-20(17-42)14-19(16-34-28)31(43)37-24-8-5-18-15-21(6-7-22(18)24)41-29(23-4-2-11-33-27(23)32)36-25-9-10-26(38-30(25)41)40-13-3-12-35-40/h2-4,6-7,9-17,24H,5,8H2,1H3,(H4,32,33,34,36,37,39,42,43)/p+1/t24-/m0/s1. The Morgan fingerprint density at radius 2 is 2.00 bits per heavy atom. The summed E-state index contributed by atoms with van der Waals surface area (Å²) < 4.78 is 29.1. The number of aryl methyl sites for hydroxylation is 1. The van der Waals surface area contributed by atoms with E-state index in [9.17, 15) is 18.0 Å². The van der Waals surface area contributed by atoms with E-state index >= 15 is 0 Å². The maximum Gasteiger partial charge on any atom is 0.348 e. The Labute approximate surface area is 262 Å². The van der Waals surface area contributed by atoms with Gasteiger partial charge in [-0.1, -0.05) is 6.07 Å². The number of imidazole rings is 1. The van der Waals surface area contributed by atoms with Crippen molar-refractivity contribution in [3.63, 3.8) is 0 Å². The molecule has 0 unspecified atom stereocenters. The van der Waals surface area contributed by atoms with Crippen molar-refractivity contribution in [1.29, 1.82) is 0 Å². The highest BCUT2D eigenvalue weighted by molar-refractivity contribution is 7.92. The van der Waals surface area contributed by atoms with Crippen LogP contribution in [0.4, 0.5) is 11.6 Å². The summed E-state index contributed by atoms with van der Waals surface area (Å²) in [4.78, 5) is 42.9. The van der Waals surface area contributed by atoms with Crippen molar-refractivity contribution in [2.45, 2.75) is 18.9 Å². The van der Waals surface area contributed by atoms with Crippen molar-refractivity contribution in [3.05, 3.63) is 102 Å². The number of fused-ring (bicyclic) bond motifs is 2. The summed E-state index contributed by atoms with van der Waals surface area (Å²) in [6, 6.07) is 16.4. The van der Waals surface area contributed by atoms with Gasteiger partial charge in [0.25, 0.3) is 11.6 Å². The second kappa shape index (κ2) is 11.2. The molecule has 1 amide bonds. The monoisotopic (exact) mass is 635 g/mol. The fourth-order valence-corrected chi connectivity index (χ4v) is 6.16. The Hall–Kier alpha value is -5.96. The van der Waals surface area contributed by atoms with E-state index in [0.29, 0.717) is 53.3 Å². The van der Waals surface area contributed by atoms with E-state index < -0.39 is 15.9 Å². The third-order valence-corrected chi connectivity index (χ3v) is 8.28. The average molecular weight is 636 g/mol. The molecule has 5 aromatic heterocycles. The minimum atomic E-state index is -3.65. The number of pyridine rings is 3. The molecule has 0 saturated heterocycles. The number of aldehydes is 1. The van der Waals surface area contributed by atoms with Crippen LogP contribution in [0, 0.1) is 0 Å². The number of rotatable bonds is 8. The summed E-state index contributed by atoms with van der Waals surface area (Å²) in [5.74, 6) is 1.05. The van der Waals surface area contributed by atoms with Crippen LogP contribution < -0.4 is 20.5 Å². The highest BCUT2D eigenvalue weighted by Crippen LogP contribution is 2.36. The van der Waals surface area contributed by atoms with E-state index in [2.05, 4.69) is 31.2 Å². The molecule has 0 saturated carbocycles. The van der Waals surface area contributed by atoms with Crippen LogP contribution >= 0.6 is 0 Å². The molecule has 6 aromatic rings. The van der Waals surface area contributed by atoms with Crippen molar-refractivity contribution < 1.29 is 22.7 Å². The molecular weight excluding hydrogens is 608 g/mol. The van der Waals surface area contributed by atoms with Crippen molar-refractivity contribution in [3.8, 4) is 22.9 Å². The van der Waals surface area contributed by atoms with Gasteiger partial charge in [0.1, 0.15) is 23.3 Å². The number of benzene rings is 1. The number of nitrogen functional groups attached to an aromatic ring is 1. The Morgan fingerprint density at radius 3 is 2.76 bits per heavy atom. The van der Waals surface area contributed by atoms with Crippen LogP contribution in [0.25, 0.3) is 34.1 Å². The molecule has 0 aliphatic heterocycles. The maximum atomic E-state index is 13.2. The lowest BCUT2D eigenvalue weighted by atomic mass is 10.1. The Morgan fingerprint density at radius 1 is 1.13 bits per heavy atom. The molecule has 5 N–H and O–H groups in total. The largest absolute Gasteiger partial charge is 0.383 e. The second-order valence-corrected chi connectivity index (χ2v) is 12.6. The summed E-state index contributed by atoms with van der Waals surface area (Å²) >= 11 is 0. The first-order chi connectivity index (χ1) is 22.2. The predicted octanol–water partition coefficient (Wildman–Crippen LogP) is 2.67. The molecule has 1 aliphatic carbocycles. The van der Waals surface area contributed by atoms with E-state index in [0.717, 1.165) is 23.1 Å². The first-order valence-corrected chi connectivity index (χ1v) is 16.1. The Kier molecular flexibility index (Phi) is 7.01. The van der Waals surface area contributed by atoms with Gasteiger partial charge in [0.15, 0.2) is 12.1 Å². The zero-order valence-corrected chi connectivity index (χ0v) is 25.2. The van der Waals surface area contributed by atoms with Crippen LogP contribution in [-0.2, 0) is 16.4 Å². The van der Waals surface area contributed by atoms with Gasteiger partial charge in [0, 0.05) is 24.7 Å². The third kappa shape index (κ3) is 5.32. The number of anilines is 2. The van der Waals surface area contributed by atoms with Crippen LogP contribution in [0.2, 0.25) is 0 Å². The maximum absolute atomic E-state index is 13.2. The minimum Gasteiger partial charge on any atom is -0.383 e. The number of nitrogens with zero attached hydrogens (tertiary/aromatic N) is 6. The van der Waals surface area contributed by atoms with Crippen LogP contribution in [0.5, 0.6) is 0 Å². The number of sulfonamides is 1. The molecule has 14 nitrogen and oxygen atoms in total. The van der Waals surface area contributed by atoms with Crippen LogP contribution in [0.15, 0.2) is 79.4 Å². The topological polar surface area (TPSA) is 195 Å². The highest BCUT2D eigenvalue weighted by Gasteiger charge is 2.28. The first kappa shape index (κ1) is 28.8. The van der Waals surface area contributed by atoms with E-state index in [4.69, 9.17) is 15.7 Å². The van der Waals surface area contributed by atoms with Gasteiger partial charge in [-0.25, -0.2) is 28.5 Å². The van der Waals surface area contributed by atoms with Crippen LogP contribution in [-0.4, -0.2) is 56.5 Å². The van der Waals surface area contributed by atoms with E-state index in [1.165, 1.54) is 12.3 Å². The SMILES string of the molecule is CS(=O)(=O)Nc1ncc(C(=O)N[C@H]2CCc3cc(-n4c(-c5cccnc5N)nc5ccc(-[n+]6ccc[nH]6)nc54)ccc32)cc1C=O. The normalized spacial score (nSPS) is 14.2. The van der Waals surface area contributed by atoms with E-state index in [-0.39, 0.29) is 23.0 Å². The quantitative estimate of drug-likeness (QED) is 0.144. The average Bonchev–Trinajstić information content (AvgIpc) is 3.79. The molecule has 0 radical (unpaired) electrons. The molecule has 1 atom stereocenters. The van der Waals surface area contributed by atoms with Gasteiger partial charge in [-0.3, -0.25) is 18.9 Å². The number of amides is 1. The summed E-state index contributed by atoms with van der Waals surface area (Å²) in [6.45, 7) is 0. The molecule has 5 heterocycles. The molecule has 230 valence electrons. The number of aromatic nitrogens is 7. The fraction of sp³-hybridized carbons (Fsp3) is 0.129. The molecule has 0 bridgehead atoms. The van der Waals surface area contributed by atoms with Gasteiger partial charge in [0.05, 0.1) is 34.7 Å². The minimum absolute atomic E-state index is 0.0430. The smallest absolute Gasteiger partial charge is 0.348 e. The number of nitrogens with two attached hydrogens (primary N) is 1. The molecule has 0 fully saturated rings. The zero-order chi connectivity index (χ0) is 32.0. The van der Waals surface area contributed by atoms with Gasteiger partial charge >= 0.3 is 5.82 Å². The van der Waals surface area contributed by atoms with E-state index in [1.807, 2.05) is 59.4 Å². The van der Waals surface area contributed by atoms with E-state index in [1.54, 1.807) is 10.9 Å². The lowest BCUT2D eigenvalue weighted by molar-refractivity contribution is -0.658. The summed E-state index contributed by atoms with van der Waals surface area (Å²) in [5, 5.41) is 6.15. The predicted molar refractivity (Wildman–Crippen MR) is 169 cm³/mol. The van der Waals surface area contributed by atoms with Crippen LogP contribution in [0.3, 0.4) is 0 Å². The summed E-state index contributed by atoms with van der Waals surface area (Å²) in [6.07, 6.45) is 9.31. The van der Waals surface area contributed by atoms with Gasteiger partial charge in [-0.05, 0) is 71.4 Å². The van der Waals surface area contributed by atoms with Gasteiger partial charge < -0.3 is 11.1 Å². The number of carbonyl (C=O) groups excluding carboxylic acids is 2. The van der Waals surface area contributed by atoms with Crippen molar-refractivity contribution >= 4 is 45.0 Å².